The van der Waals surface area contributed by atoms with E-state index in [9.17, 15) is 4.79 Å². The van der Waals surface area contributed by atoms with Gasteiger partial charge in [-0.3, -0.25) is 9.20 Å². The van der Waals surface area contributed by atoms with Crippen LogP contribution in [0.4, 0.5) is 0 Å². The van der Waals surface area contributed by atoms with Crippen LogP contribution in [0.2, 0.25) is 0 Å². The molecule has 5 aromatic rings. The second-order valence-corrected chi connectivity index (χ2v) is 7.60. The van der Waals surface area contributed by atoms with Crippen LogP contribution < -0.4 is 5.32 Å². The van der Waals surface area contributed by atoms with Crippen molar-refractivity contribution in [2.24, 2.45) is 0 Å². The molecule has 3 heterocycles. The second kappa shape index (κ2) is 8.14. The van der Waals surface area contributed by atoms with Crippen LogP contribution in [0.15, 0.2) is 54.6 Å². The zero-order valence-corrected chi connectivity index (χ0v) is 17.3. The molecule has 3 aromatic heterocycles. The van der Waals surface area contributed by atoms with Gasteiger partial charge in [-0.2, -0.15) is 4.52 Å². The highest BCUT2D eigenvalue weighted by Gasteiger charge is 2.16. The van der Waals surface area contributed by atoms with Gasteiger partial charge in [0.05, 0.1) is 5.52 Å². The second-order valence-electron chi connectivity index (χ2n) is 7.60. The fourth-order valence-corrected chi connectivity index (χ4v) is 3.93. The minimum atomic E-state index is 0.0592. The average molecular weight is 413 g/mol. The Balaban J connectivity index is 1.29. The van der Waals surface area contributed by atoms with Crippen LogP contribution >= 0.6 is 0 Å². The Labute approximate surface area is 178 Å². The summed E-state index contributed by atoms with van der Waals surface area (Å²) in [4.78, 5) is 16.8. The largest absolute Gasteiger partial charge is 0.356 e. The number of aromatic nitrogens is 6. The Morgan fingerprint density at radius 2 is 1.81 bits per heavy atom. The molecule has 156 valence electrons. The molecule has 31 heavy (non-hydrogen) atoms. The third kappa shape index (κ3) is 3.72. The molecule has 0 aliphatic carbocycles. The van der Waals surface area contributed by atoms with E-state index < -0.39 is 0 Å². The molecule has 1 amide bonds. The Hall–Kier alpha value is -3.81. The van der Waals surface area contributed by atoms with Crippen molar-refractivity contribution in [2.75, 3.05) is 6.54 Å². The maximum atomic E-state index is 12.2. The summed E-state index contributed by atoms with van der Waals surface area (Å²) in [5, 5.41) is 17.2. The van der Waals surface area contributed by atoms with Crippen LogP contribution in [0, 0.1) is 6.92 Å². The molecule has 0 atom stereocenters. The number of carbonyl (C=O) groups excluding carboxylic acids is 1. The standard InChI is InChI=1S/C23H23N7O/c1-16-25-22-18-10-5-6-11-19(18)29-20(26-27-23(29)30(22)28-16)12-7-13-21(31)24-15-14-17-8-3-2-4-9-17/h2-6,8-11H,7,12-15H2,1H3,(H,24,31). The van der Waals surface area contributed by atoms with Gasteiger partial charge in [-0.1, -0.05) is 42.5 Å². The molecule has 0 aliphatic rings. The third-order valence-corrected chi connectivity index (χ3v) is 5.38. The number of hydrogen-bond donors (Lipinski definition) is 1. The molecule has 8 nitrogen and oxygen atoms in total. The van der Waals surface area contributed by atoms with Gasteiger partial charge in [0, 0.05) is 24.8 Å². The predicted octanol–water partition coefficient (Wildman–Crippen LogP) is 2.92. The van der Waals surface area contributed by atoms with E-state index in [1.54, 1.807) is 4.52 Å². The molecular weight excluding hydrogens is 390 g/mol. The first-order valence-electron chi connectivity index (χ1n) is 10.5. The normalized spacial score (nSPS) is 11.5. The summed E-state index contributed by atoms with van der Waals surface area (Å²) in [6, 6.07) is 18.2. The van der Waals surface area contributed by atoms with Gasteiger partial charge in [-0.05, 0) is 37.5 Å². The topological polar surface area (TPSA) is 89.5 Å². The average Bonchev–Trinajstić information content (AvgIpc) is 3.38. The van der Waals surface area contributed by atoms with Crippen molar-refractivity contribution in [2.45, 2.75) is 32.6 Å². The summed E-state index contributed by atoms with van der Waals surface area (Å²) in [6.45, 7) is 2.51. The van der Waals surface area contributed by atoms with E-state index in [0.29, 0.717) is 37.4 Å². The molecule has 0 unspecified atom stereocenters. The lowest BCUT2D eigenvalue weighted by atomic mass is 10.1. The van der Waals surface area contributed by atoms with Gasteiger partial charge in [0.15, 0.2) is 5.65 Å². The molecule has 1 N–H and O–H groups in total. The lowest BCUT2D eigenvalue weighted by Crippen LogP contribution is -2.25. The molecule has 0 spiro atoms. The molecule has 0 saturated heterocycles. The van der Waals surface area contributed by atoms with Gasteiger partial charge in [-0.15, -0.1) is 15.3 Å². The predicted molar refractivity (Wildman–Crippen MR) is 118 cm³/mol. The first-order valence-corrected chi connectivity index (χ1v) is 10.5. The minimum absolute atomic E-state index is 0.0592. The van der Waals surface area contributed by atoms with Crippen LogP contribution in [0.1, 0.15) is 30.1 Å². The lowest BCUT2D eigenvalue weighted by Gasteiger charge is -2.07. The fraction of sp³-hybridized carbons (Fsp3) is 0.261. The monoisotopic (exact) mass is 413 g/mol. The van der Waals surface area contributed by atoms with Crippen LogP contribution in [0.25, 0.3) is 22.3 Å². The fourth-order valence-electron chi connectivity index (χ4n) is 3.93. The molecule has 2 aromatic carbocycles. The number of amides is 1. The summed E-state index contributed by atoms with van der Waals surface area (Å²) in [7, 11) is 0. The molecule has 0 aliphatic heterocycles. The lowest BCUT2D eigenvalue weighted by molar-refractivity contribution is -0.121. The number of para-hydroxylation sites is 1. The molecule has 0 bridgehead atoms. The number of nitrogens with one attached hydrogen (secondary N) is 1. The van der Waals surface area contributed by atoms with Crippen LogP contribution in [0.3, 0.4) is 0 Å². The Bertz CT molecular complexity index is 1370. The summed E-state index contributed by atoms with van der Waals surface area (Å²) >= 11 is 0. The van der Waals surface area contributed by atoms with Gasteiger partial charge in [0.1, 0.15) is 11.6 Å². The first-order chi connectivity index (χ1) is 15.2. The van der Waals surface area contributed by atoms with E-state index in [4.69, 9.17) is 0 Å². The van der Waals surface area contributed by atoms with E-state index in [1.807, 2.05) is 53.8 Å². The summed E-state index contributed by atoms with van der Waals surface area (Å²) in [5.41, 5.74) is 2.99. The minimum Gasteiger partial charge on any atom is -0.356 e. The zero-order chi connectivity index (χ0) is 21.2. The van der Waals surface area contributed by atoms with Gasteiger partial charge < -0.3 is 5.32 Å². The van der Waals surface area contributed by atoms with E-state index in [0.717, 1.165) is 28.8 Å². The molecule has 0 fully saturated rings. The molecular formula is C23H23N7O. The van der Waals surface area contributed by atoms with Crippen LogP contribution in [-0.2, 0) is 17.6 Å². The number of fused-ring (bicyclic) bond motifs is 6. The molecule has 8 heteroatoms. The van der Waals surface area contributed by atoms with Crippen molar-refractivity contribution in [1.29, 1.82) is 0 Å². The molecule has 0 radical (unpaired) electrons. The van der Waals surface area contributed by atoms with E-state index >= 15 is 0 Å². The summed E-state index contributed by atoms with van der Waals surface area (Å²) < 4.78 is 3.76. The number of nitrogens with zero attached hydrogens (tertiary/aromatic N) is 6. The quantitative estimate of drug-likeness (QED) is 0.443. The van der Waals surface area contributed by atoms with Crippen molar-refractivity contribution in [3.05, 3.63) is 71.8 Å². The summed E-state index contributed by atoms with van der Waals surface area (Å²) in [5.74, 6) is 2.20. The SMILES string of the molecule is Cc1nc2c3ccccc3n3c(CCCC(=O)NCCc4ccccc4)nnc3n2n1. The number of benzene rings is 2. The Kier molecular flexibility index (Phi) is 5.03. The van der Waals surface area contributed by atoms with Crippen molar-refractivity contribution in [1.82, 2.24) is 34.5 Å². The van der Waals surface area contributed by atoms with E-state index in [1.165, 1.54) is 5.56 Å². The highest BCUT2D eigenvalue weighted by atomic mass is 16.1. The van der Waals surface area contributed by atoms with Gasteiger partial charge >= 0.3 is 0 Å². The van der Waals surface area contributed by atoms with Gasteiger partial charge in [-0.25, -0.2) is 4.98 Å². The smallest absolute Gasteiger partial charge is 0.258 e. The first kappa shape index (κ1) is 19.2. The number of carbonyl (C=O) groups is 1. The zero-order valence-electron chi connectivity index (χ0n) is 17.3. The van der Waals surface area contributed by atoms with Crippen molar-refractivity contribution < 1.29 is 4.79 Å². The summed E-state index contributed by atoms with van der Waals surface area (Å²) in [6.07, 6.45) is 2.63. The van der Waals surface area contributed by atoms with Crippen molar-refractivity contribution >= 4 is 28.2 Å². The molecule has 5 rings (SSSR count). The van der Waals surface area contributed by atoms with Crippen molar-refractivity contribution in [3.8, 4) is 0 Å². The van der Waals surface area contributed by atoms with E-state index in [-0.39, 0.29) is 5.91 Å². The maximum absolute atomic E-state index is 12.2. The number of aryl methyl sites for hydroxylation is 2. The highest BCUT2D eigenvalue weighted by molar-refractivity contribution is 5.93. The Morgan fingerprint density at radius 3 is 2.68 bits per heavy atom. The van der Waals surface area contributed by atoms with Crippen LogP contribution in [-0.4, -0.2) is 41.6 Å². The Morgan fingerprint density at radius 1 is 1.00 bits per heavy atom. The number of hydrogen-bond acceptors (Lipinski definition) is 5. The van der Waals surface area contributed by atoms with Gasteiger partial charge in [0.2, 0.25) is 5.91 Å². The van der Waals surface area contributed by atoms with Crippen LogP contribution in [0.5, 0.6) is 0 Å². The highest BCUT2D eigenvalue weighted by Crippen LogP contribution is 2.22. The maximum Gasteiger partial charge on any atom is 0.258 e. The van der Waals surface area contributed by atoms with Gasteiger partial charge in [0.25, 0.3) is 5.78 Å². The van der Waals surface area contributed by atoms with E-state index in [2.05, 4.69) is 37.7 Å². The molecule has 0 saturated carbocycles. The third-order valence-electron chi connectivity index (χ3n) is 5.38. The van der Waals surface area contributed by atoms with Crippen molar-refractivity contribution in [3.63, 3.8) is 0 Å². The number of rotatable bonds is 7.